The van der Waals surface area contributed by atoms with E-state index in [4.69, 9.17) is 14.2 Å². The smallest absolute Gasteiger partial charge is 0.343 e. The second-order valence-electron chi connectivity index (χ2n) is 10.2. The van der Waals surface area contributed by atoms with Crippen molar-refractivity contribution in [2.24, 2.45) is 0 Å². The lowest BCUT2D eigenvalue weighted by Gasteiger charge is -2.14. The molecule has 0 saturated heterocycles. The van der Waals surface area contributed by atoms with Gasteiger partial charge in [0.2, 0.25) is 0 Å². The highest BCUT2D eigenvalue weighted by Gasteiger charge is 2.11. The van der Waals surface area contributed by atoms with Gasteiger partial charge in [-0.05, 0) is 61.4 Å². The van der Waals surface area contributed by atoms with Crippen molar-refractivity contribution in [3.8, 4) is 17.2 Å². The molecular formula is C29H44O4Si. The zero-order chi connectivity index (χ0) is 24.7. The average molecular weight is 485 g/mol. The number of esters is 1. The third-order valence-electron chi connectivity index (χ3n) is 5.73. The Morgan fingerprint density at radius 2 is 1.12 bits per heavy atom. The summed E-state index contributed by atoms with van der Waals surface area (Å²) >= 11 is 0. The molecule has 2 aromatic rings. The SMILES string of the molecule is CCCCCCCOc1ccc(C(=O)Oc2ccc(OCCCCCC[Si](C)(C)C)cc2)cc1. The van der Waals surface area contributed by atoms with Gasteiger partial charge in [0.15, 0.2) is 0 Å². The molecule has 0 aliphatic carbocycles. The molecule has 0 radical (unpaired) electrons. The monoisotopic (exact) mass is 484 g/mol. The van der Waals surface area contributed by atoms with Crippen LogP contribution in [0.2, 0.25) is 25.7 Å². The minimum absolute atomic E-state index is 0.377. The molecule has 4 nitrogen and oxygen atoms in total. The first-order chi connectivity index (χ1) is 16.4. The maximum absolute atomic E-state index is 12.4. The molecule has 0 aromatic heterocycles. The molecule has 0 unspecified atom stereocenters. The van der Waals surface area contributed by atoms with Crippen LogP contribution in [0, 0.1) is 0 Å². The molecule has 188 valence electrons. The summed E-state index contributed by atoms with van der Waals surface area (Å²) in [4.78, 5) is 12.4. The van der Waals surface area contributed by atoms with Crippen molar-refractivity contribution in [1.82, 2.24) is 0 Å². The molecule has 34 heavy (non-hydrogen) atoms. The van der Waals surface area contributed by atoms with E-state index in [0.717, 1.165) is 30.9 Å². The van der Waals surface area contributed by atoms with E-state index in [0.29, 0.717) is 17.9 Å². The first-order valence-electron chi connectivity index (χ1n) is 13.1. The second-order valence-corrected chi connectivity index (χ2v) is 15.8. The largest absolute Gasteiger partial charge is 0.494 e. The third kappa shape index (κ3) is 12.3. The van der Waals surface area contributed by atoms with Gasteiger partial charge in [0.05, 0.1) is 18.8 Å². The number of hydrogen-bond acceptors (Lipinski definition) is 4. The van der Waals surface area contributed by atoms with Crippen LogP contribution in [0.25, 0.3) is 0 Å². The van der Waals surface area contributed by atoms with Crippen molar-refractivity contribution in [1.29, 1.82) is 0 Å². The Labute approximate surface area is 208 Å². The number of unbranched alkanes of at least 4 members (excludes halogenated alkanes) is 7. The Hall–Kier alpha value is -2.27. The Balaban J connectivity index is 1.65. The lowest BCUT2D eigenvalue weighted by atomic mass is 10.2. The Morgan fingerprint density at radius 3 is 1.65 bits per heavy atom. The van der Waals surface area contributed by atoms with Crippen molar-refractivity contribution in [3.63, 3.8) is 0 Å². The molecule has 0 spiro atoms. The number of benzene rings is 2. The molecule has 0 N–H and O–H groups in total. The third-order valence-corrected chi connectivity index (χ3v) is 7.58. The van der Waals surface area contributed by atoms with Crippen LogP contribution in [0.1, 0.15) is 75.1 Å². The maximum atomic E-state index is 12.4. The predicted octanol–water partition coefficient (Wildman–Crippen LogP) is 8.53. The Kier molecular flexibility index (Phi) is 12.8. The molecule has 0 bridgehead atoms. The van der Waals surface area contributed by atoms with Crippen LogP contribution >= 0.6 is 0 Å². The van der Waals surface area contributed by atoms with Gasteiger partial charge in [-0.3, -0.25) is 0 Å². The zero-order valence-electron chi connectivity index (χ0n) is 21.7. The second kappa shape index (κ2) is 15.6. The number of hydrogen-bond donors (Lipinski definition) is 0. The Bertz CT molecular complexity index is 810. The predicted molar refractivity (Wildman–Crippen MR) is 144 cm³/mol. The van der Waals surface area contributed by atoms with Crippen LogP contribution in [0.15, 0.2) is 48.5 Å². The summed E-state index contributed by atoms with van der Waals surface area (Å²) in [6.45, 7) is 10.9. The molecule has 0 aliphatic rings. The normalized spacial score (nSPS) is 11.3. The van der Waals surface area contributed by atoms with Crippen LogP contribution in [-0.2, 0) is 0 Å². The van der Waals surface area contributed by atoms with Crippen molar-refractivity contribution in [2.75, 3.05) is 13.2 Å². The van der Waals surface area contributed by atoms with E-state index in [2.05, 4.69) is 26.6 Å². The van der Waals surface area contributed by atoms with E-state index in [1.807, 2.05) is 24.3 Å². The van der Waals surface area contributed by atoms with E-state index < -0.39 is 8.07 Å². The zero-order valence-corrected chi connectivity index (χ0v) is 22.7. The van der Waals surface area contributed by atoms with Gasteiger partial charge in [0, 0.05) is 8.07 Å². The van der Waals surface area contributed by atoms with Crippen LogP contribution in [0.4, 0.5) is 0 Å². The van der Waals surface area contributed by atoms with Gasteiger partial charge in [-0.2, -0.15) is 0 Å². The maximum Gasteiger partial charge on any atom is 0.343 e. The molecule has 2 rings (SSSR count). The van der Waals surface area contributed by atoms with Gasteiger partial charge in [0.1, 0.15) is 17.2 Å². The van der Waals surface area contributed by atoms with Crippen LogP contribution in [0.3, 0.4) is 0 Å². The van der Waals surface area contributed by atoms with Gasteiger partial charge in [-0.1, -0.05) is 77.6 Å². The molecule has 0 heterocycles. The van der Waals surface area contributed by atoms with Gasteiger partial charge in [-0.25, -0.2) is 4.79 Å². The first kappa shape index (κ1) is 28.0. The summed E-state index contributed by atoms with van der Waals surface area (Å²) in [6, 6.07) is 15.8. The number of ether oxygens (including phenoxy) is 3. The lowest BCUT2D eigenvalue weighted by molar-refractivity contribution is 0.0734. The quantitative estimate of drug-likeness (QED) is 0.0976. The van der Waals surface area contributed by atoms with Gasteiger partial charge in [0.25, 0.3) is 0 Å². The van der Waals surface area contributed by atoms with E-state index in [-0.39, 0.29) is 5.97 Å². The molecule has 0 amide bonds. The minimum Gasteiger partial charge on any atom is -0.494 e. The summed E-state index contributed by atoms with van der Waals surface area (Å²) in [7, 11) is -0.903. The van der Waals surface area contributed by atoms with Gasteiger partial charge >= 0.3 is 5.97 Å². The molecule has 0 fully saturated rings. The highest BCUT2D eigenvalue weighted by molar-refractivity contribution is 6.76. The highest BCUT2D eigenvalue weighted by atomic mass is 28.3. The molecular weight excluding hydrogens is 440 g/mol. The van der Waals surface area contributed by atoms with Crippen molar-refractivity contribution < 1.29 is 19.0 Å². The van der Waals surface area contributed by atoms with E-state index in [1.54, 1.807) is 24.3 Å². The van der Waals surface area contributed by atoms with Crippen LogP contribution in [-0.4, -0.2) is 27.3 Å². The van der Waals surface area contributed by atoms with E-state index in [9.17, 15) is 4.79 Å². The molecule has 2 aromatic carbocycles. The van der Waals surface area contributed by atoms with Crippen molar-refractivity contribution >= 4 is 14.0 Å². The topological polar surface area (TPSA) is 44.8 Å². The van der Waals surface area contributed by atoms with Crippen LogP contribution < -0.4 is 14.2 Å². The fourth-order valence-corrected chi connectivity index (χ4v) is 4.96. The first-order valence-corrected chi connectivity index (χ1v) is 16.8. The van der Waals surface area contributed by atoms with Crippen molar-refractivity contribution in [2.45, 2.75) is 90.4 Å². The van der Waals surface area contributed by atoms with Crippen LogP contribution in [0.5, 0.6) is 17.2 Å². The summed E-state index contributed by atoms with van der Waals surface area (Å²) in [6.07, 6.45) is 10.9. The molecule has 0 aliphatic heterocycles. The summed E-state index contributed by atoms with van der Waals surface area (Å²) in [5, 5.41) is 0. The number of carbonyl (C=O) groups excluding carboxylic acids is 1. The standard InChI is InChI=1S/C29H44O4Si/c1-5-6-7-8-11-22-31-26-16-14-25(15-17-26)29(30)33-28-20-18-27(19-21-28)32-23-12-9-10-13-24-34(2,3)4/h14-21H,5-13,22-24H2,1-4H3. The highest BCUT2D eigenvalue weighted by Crippen LogP contribution is 2.21. The lowest BCUT2D eigenvalue weighted by Crippen LogP contribution is -2.18. The van der Waals surface area contributed by atoms with Gasteiger partial charge < -0.3 is 14.2 Å². The number of rotatable bonds is 17. The molecule has 0 saturated carbocycles. The minimum atomic E-state index is -0.903. The summed E-state index contributed by atoms with van der Waals surface area (Å²) < 4.78 is 17.1. The van der Waals surface area contributed by atoms with E-state index >= 15 is 0 Å². The molecule has 0 atom stereocenters. The fraction of sp³-hybridized carbons (Fsp3) is 0.552. The summed E-state index contributed by atoms with van der Waals surface area (Å²) in [5.74, 6) is 1.72. The fourth-order valence-electron chi connectivity index (χ4n) is 3.65. The average Bonchev–Trinajstić information content (AvgIpc) is 2.81. The summed E-state index contributed by atoms with van der Waals surface area (Å²) in [5.41, 5.74) is 0.504. The van der Waals surface area contributed by atoms with Gasteiger partial charge in [-0.15, -0.1) is 0 Å². The Morgan fingerprint density at radius 1 is 0.647 bits per heavy atom. The van der Waals surface area contributed by atoms with Crippen molar-refractivity contribution in [3.05, 3.63) is 54.1 Å². The van der Waals surface area contributed by atoms with E-state index in [1.165, 1.54) is 51.0 Å². The molecule has 5 heteroatoms. The number of carbonyl (C=O) groups is 1.